The molecule has 2 radical (unpaired) electrons. The molecular weight excluding hydrogens is 185 g/mol. The van der Waals surface area contributed by atoms with Crippen molar-refractivity contribution < 1.29 is 8.78 Å². The molecule has 0 unspecified atom stereocenters. The minimum Gasteiger partial charge on any atom is -0.270 e. The molecule has 1 aromatic heterocycles. The highest BCUT2D eigenvalue weighted by Gasteiger charge is 2.35. The monoisotopic (exact) mass is 196 g/mol. The van der Waals surface area contributed by atoms with E-state index >= 15 is 0 Å². The van der Waals surface area contributed by atoms with Gasteiger partial charge in [-0.2, -0.15) is 5.10 Å². The SMILES string of the molecule is [B]c1cnn(C2CCC(F)(F)CC2)c1. The predicted molar refractivity (Wildman–Crippen MR) is 50.1 cm³/mol. The molecule has 2 nitrogen and oxygen atoms in total. The first-order valence-electron chi connectivity index (χ1n) is 4.74. The molecule has 2 rings (SSSR count). The zero-order valence-electron chi connectivity index (χ0n) is 7.79. The Hall–Kier alpha value is -0.865. The summed E-state index contributed by atoms with van der Waals surface area (Å²) in [7, 11) is 5.51. The molecular formula is C9H11BF2N2. The molecule has 0 saturated heterocycles. The smallest absolute Gasteiger partial charge is 0.248 e. The summed E-state index contributed by atoms with van der Waals surface area (Å²) in [6.07, 6.45) is 4.12. The van der Waals surface area contributed by atoms with Crippen molar-refractivity contribution >= 4 is 13.3 Å². The maximum atomic E-state index is 12.8. The van der Waals surface area contributed by atoms with Gasteiger partial charge in [-0.25, -0.2) is 8.78 Å². The van der Waals surface area contributed by atoms with Gasteiger partial charge in [0.05, 0.1) is 6.04 Å². The van der Waals surface area contributed by atoms with E-state index in [4.69, 9.17) is 7.85 Å². The van der Waals surface area contributed by atoms with Gasteiger partial charge in [-0.05, 0) is 12.8 Å². The van der Waals surface area contributed by atoms with Crippen molar-refractivity contribution in [2.45, 2.75) is 37.6 Å². The first-order chi connectivity index (χ1) is 6.57. The minimum atomic E-state index is -2.48. The van der Waals surface area contributed by atoms with Crippen LogP contribution in [0.3, 0.4) is 0 Å². The van der Waals surface area contributed by atoms with Crippen LogP contribution in [0.5, 0.6) is 0 Å². The summed E-state index contributed by atoms with van der Waals surface area (Å²) in [6.45, 7) is 0. The van der Waals surface area contributed by atoms with Crippen LogP contribution >= 0.6 is 0 Å². The number of rotatable bonds is 1. The molecule has 0 bridgehead atoms. The number of nitrogens with zero attached hydrogens (tertiary/aromatic N) is 2. The lowest BCUT2D eigenvalue weighted by molar-refractivity contribution is -0.0449. The molecule has 1 heterocycles. The number of hydrogen-bond donors (Lipinski definition) is 0. The van der Waals surface area contributed by atoms with E-state index in [1.165, 1.54) is 0 Å². The molecule has 0 atom stereocenters. The second kappa shape index (κ2) is 3.37. The Balaban J connectivity index is 2.02. The van der Waals surface area contributed by atoms with Gasteiger partial charge >= 0.3 is 0 Å². The van der Waals surface area contributed by atoms with Crippen molar-refractivity contribution in [1.82, 2.24) is 9.78 Å². The third-order valence-corrected chi connectivity index (χ3v) is 2.68. The molecule has 0 aromatic carbocycles. The van der Waals surface area contributed by atoms with Crippen LogP contribution in [0.2, 0.25) is 0 Å². The van der Waals surface area contributed by atoms with Crippen molar-refractivity contribution in [3.05, 3.63) is 12.4 Å². The Morgan fingerprint density at radius 1 is 1.43 bits per heavy atom. The molecule has 0 spiro atoms. The third kappa shape index (κ3) is 1.96. The lowest BCUT2D eigenvalue weighted by Crippen LogP contribution is -2.26. The molecule has 14 heavy (non-hydrogen) atoms. The Morgan fingerprint density at radius 3 is 2.57 bits per heavy atom. The Bertz CT molecular complexity index is 314. The molecule has 5 heteroatoms. The molecule has 0 aliphatic heterocycles. The van der Waals surface area contributed by atoms with Crippen molar-refractivity contribution in [2.75, 3.05) is 0 Å². The van der Waals surface area contributed by atoms with Crippen LogP contribution in [0.1, 0.15) is 31.7 Å². The highest BCUT2D eigenvalue weighted by Crippen LogP contribution is 2.37. The average Bonchev–Trinajstić information content (AvgIpc) is 2.52. The summed E-state index contributed by atoms with van der Waals surface area (Å²) in [6, 6.07) is 0.0897. The zero-order chi connectivity index (χ0) is 10.2. The fraction of sp³-hybridized carbons (Fsp3) is 0.667. The normalized spacial score (nSPS) is 22.4. The highest BCUT2D eigenvalue weighted by atomic mass is 19.3. The zero-order valence-corrected chi connectivity index (χ0v) is 7.79. The number of hydrogen-bond acceptors (Lipinski definition) is 1. The first kappa shape index (κ1) is 9.68. The van der Waals surface area contributed by atoms with Crippen LogP contribution in [0.15, 0.2) is 12.4 Å². The van der Waals surface area contributed by atoms with E-state index in [9.17, 15) is 8.78 Å². The first-order valence-corrected chi connectivity index (χ1v) is 4.74. The van der Waals surface area contributed by atoms with Crippen LogP contribution in [0.4, 0.5) is 8.78 Å². The van der Waals surface area contributed by atoms with Gasteiger partial charge in [-0.1, -0.05) is 5.46 Å². The van der Waals surface area contributed by atoms with E-state index in [-0.39, 0.29) is 18.9 Å². The van der Waals surface area contributed by atoms with E-state index in [2.05, 4.69) is 5.10 Å². The van der Waals surface area contributed by atoms with Gasteiger partial charge in [-0.15, -0.1) is 0 Å². The minimum absolute atomic E-state index is 0.0442. The van der Waals surface area contributed by atoms with Gasteiger partial charge in [0.1, 0.15) is 7.85 Å². The number of aromatic nitrogens is 2. The standard InChI is InChI=1S/C9H11BF2N2/c10-7-5-13-14(6-7)8-1-3-9(11,12)4-2-8/h5-6,8H,1-4H2. The van der Waals surface area contributed by atoms with Gasteiger partial charge in [0.15, 0.2) is 0 Å². The third-order valence-electron chi connectivity index (χ3n) is 2.68. The second-order valence-corrected chi connectivity index (χ2v) is 3.84. The Morgan fingerprint density at radius 2 is 2.07 bits per heavy atom. The maximum absolute atomic E-state index is 12.8. The fourth-order valence-electron chi connectivity index (χ4n) is 1.84. The van der Waals surface area contributed by atoms with Crippen molar-refractivity contribution in [3.8, 4) is 0 Å². The van der Waals surface area contributed by atoms with E-state index < -0.39 is 5.92 Å². The van der Waals surface area contributed by atoms with Crippen LogP contribution in [-0.2, 0) is 0 Å². The largest absolute Gasteiger partial charge is 0.270 e. The van der Waals surface area contributed by atoms with E-state index in [1.54, 1.807) is 17.1 Å². The van der Waals surface area contributed by atoms with Crippen LogP contribution in [0.25, 0.3) is 0 Å². The van der Waals surface area contributed by atoms with Gasteiger partial charge < -0.3 is 0 Å². The summed E-state index contributed by atoms with van der Waals surface area (Å²) in [4.78, 5) is 0. The van der Waals surface area contributed by atoms with E-state index in [1.807, 2.05) is 0 Å². The summed E-state index contributed by atoms with van der Waals surface area (Å²) < 4.78 is 27.4. The molecule has 0 N–H and O–H groups in total. The van der Waals surface area contributed by atoms with Crippen LogP contribution < -0.4 is 5.46 Å². The topological polar surface area (TPSA) is 17.8 Å². The average molecular weight is 196 g/mol. The summed E-state index contributed by atoms with van der Waals surface area (Å²) in [5.74, 6) is -2.48. The summed E-state index contributed by atoms with van der Waals surface area (Å²) in [5.41, 5.74) is 0.585. The van der Waals surface area contributed by atoms with Crippen molar-refractivity contribution in [2.24, 2.45) is 0 Å². The van der Waals surface area contributed by atoms with E-state index in [0.717, 1.165) is 0 Å². The molecule has 74 valence electrons. The Kier molecular flexibility index (Phi) is 2.33. The van der Waals surface area contributed by atoms with E-state index in [0.29, 0.717) is 18.3 Å². The highest BCUT2D eigenvalue weighted by molar-refractivity contribution is 6.31. The molecule has 0 amide bonds. The second-order valence-electron chi connectivity index (χ2n) is 3.84. The number of halogens is 2. The van der Waals surface area contributed by atoms with Crippen LogP contribution in [-0.4, -0.2) is 23.5 Å². The summed E-state index contributed by atoms with van der Waals surface area (Å²) in [5, 5.41) is 4.03. The molecule has 1 fully saturated rings. The quantitative estimate of drug-likeness (QED) is 0.621. The predicted octanol–water partition coefficient (Wildman–Crippen LogP) is 1.43. The van der Waals surface area contributed by atoms with Gasteiger partial charge in [0.2, 0.25) is 5.92 Å². The molecule has 1 aromatic rings. The number of alkyl halides is 2. The summed E-state index contributed by atoms with van der Waals surface area (Å²) >= 11 is 0. The molecule has 1 aliphatic carbocycles. The maximum Gasteiger partial charge on any atom is 0.248 e. The lowest BCUT2D eigenvalue weighted by Gasteiger charge is -2.28. The Labute approximate surface area is 82.7 Å². The van der Waals surface area contributed by atoms with Crippen molar-refractivity contribution in [3.63, 3.8) is 0 Å². The van der Waals surface area contributed by atoms with Crippen molar-refractivity contribution in [1.29, 1.82) is 0 Å². The van der Waals surface area contributed by atoms with Crippen LogP contribution in [0, 0.1) is 0 Å². The lowest BCUT2D eigenvalue weighted by atomic mass is 9.92. The van der Waals surface area contributed by atoms with Gasteiger partial charge in [0.25, 0.3) is 0 Å². The van der Waals surface area contributed by atoms with Gasteiger partial charge in [0, 0.05) is 25.2 Å². The fourth-order valence-corrected chi connectivity index (χ4v) is 1.84. The molecule has 1 aliphatic rings. The van der Waals surface area contributed by atoms with Gasteiger partial charge in [-0.3, -0.25) is 4.68 Å². The molecule has 1 saturated carbocycles.